The van der Waals surface area contributed by atoms with Crippen LogP contribution < -0.4 is 10.5 Å². The lowest BCUT2D eigenvalue weighted by Gasteiger charge is -2.10. The molecule has 0 saturated carbocycles. The molecule has 8 heteroatoms. The van der Waals surface area contributed by atoms with E-state index in [1.165, 1.54) is 0 Å². The van der Waals surface area contributed by atoms with E-state index in [4.69, 9.17) is 20.1 Å². The van der Waals surface area contributed by atoms with Gasteiger partial charge in [0.1, 0.15) is 17.5 Å². The lowest BCUT2D eigenvalue weighted by Crippen LogP contribution is -2.32. The van der Waals surface area contributed by atoms with Gasteiger partial charge in [-0.3, -0.25) is 4.79 Å². The Morgan fingerprint density at radius 2 is 1.81 bits per heavy atom. The molecule has 32 heavy (non-hydrogen) atoms. The van der Waals surface area contributed by atoms with E-state index >= 15 is 0 Å². The minimum atomic E-state index is -1.04. The molecule has 4 N–H and O–H groups in total. The van der Waals surface area contributed by atoms with Gasteiger partial charge in [-0.15, -0.1) is 0 Å². The second-order valence-electron chi connectivity index (χ2n) is 7.23. The number of hydrogen-bond donors (Lipinski definition) is 3. The Balaban J connectivity index is 1.61. The number of phenolic OH excluding ortho intramolecular Hbond substituents is 1. The van der Waals surface area contributed by atoms with Crippen molar-refractivity contribution in [3.8, 4) is 45.5 Å². The first-order valence-corrected chi connectivity index (χ1v) is 9.84. The van der Waals surface area contributed by atoms with Gasteiger partial charge in [0.05, 0.1) is 7.11 Å². The molecule has 4 aromatic rings. The molecule has 1 aromatic heterocycles. The first-order valence-electron chi connectivity index (χ1n) is 9.84. The van der Waals surface area contributed by atoms with E-state index in [2.05, 4.69) is 10.1 Å². The lowest BCUT2D eigenvalue weighted by molar-refractivity contribution is -0.138. The average Bonchev–Trinajstić information content (AvgIpc) is 3.29. The van der Waals surface area contributed by atoms with E-state index in [0.717, 1.165) is 22.3 Å². The number of aromatic nitrogens is 2. The van der Waals surface area contributed by atoms with Crippen LogP contribution in [0.5, 0.6) is 11.5 Å². The van der Waals surface area contributed by atoms with Crippen molar-refractivity contribution in [2.45, 2.75) is 12.5 Å². The van der Waals surface area contributed by atoms with Crippen molar-refractivity contribution in [3.63, 3.8) is 0 Å². The minimum absolute atomic E-state index is 0.155. The summed E-state index contributed by atoms with van der Waals surface area (Å²) in [6, 6.07) is 18.6. The van der Waals surface area contributed by atoms with E-state index in [9.17, 15) is 9.90 Å². The highest BCUT2D eigenvalue weighted by molar-refractivity contribution is 5.76. The number of carboxylic acids is 1. The molecule has 0 spiro atoms. The van der Waals surface area contributed by atoms with E-state index in [0.29, 0.717) is 23.0 Å². The predicted molar refractivity (Wildman–Crippen MR) is 118 cm³/mol. The number of phenols is 1. The zero-order chi connectivity index (χ0) is 22.7. The molecule has 0 radical (unpaired) electrons. The number of hydrogen-bond acceptors (Lipinski definition) is 7. The Bertz CT molecular complexity index is 1250. The number of nitrogens with zero attached hydrogens (tertiary/aromatic N) is 2. The number of aromatic hydroxyl groups is 1. The monoisotopic (exact) mass is 431 g/mol. The second-order valence-corrected chi connectivity index (χ2v) is 7.23. The van der Waals surface area contributed by atoms with E-state index in [1.54, 1.807) is 55.6 Å². The van der Waals surface area contributed by atoms with Crippen LogP contribution >= 0.6 is 0 Å². The van der Waals surface area contributed by atoms with Gasteiger partial charge in [0.2, 0.25) is 5.82 Å². The van der Waals surface area contributed by atoms with E-state index in [1.807, 2.05) is 18.2 Å². The van der Waals surface area contributed by atoms with Crippen LogP contribution in [0.25, 0.3) is 34.0 Å². The zero-order valence-corrected chi connectivity index (χ0v) is 17.2. The van der Waals surface area contributed by atoms with Gasteiger partial charge in [-0.05, 0) is 47.9 Å². The molecule has 0 fully saturated rings. The van der Waals surface area contributed by atoms with Crippen molar-refractivity contribution in [3.05, 3.63) is 72.3 Å². The smallest absolute Gasteiger partial charge is 0.320 e. The fourth-order valence-electron chi connectivity index (χ4n) is 3.33. The van der Waals surface area contributed by atoms with Crippen molar-refractivity contribution >= 4 is 5.97 Å². The molecule has 8 nitrogen and oxygen atoms in total. The molecule has 3 aromatic carbocycles. The fourth-order valence-corrected chi connectivity index (χ4v) is 3.33. The normalized spacial score (nSPS) is 11.8. The molecule has 4 rings (SSSR count). The molecule has 0 bridgehead atoms. The van der Waals surface area contributed by atoms with E-state index in [-0.39, 0.29) is 12.2 Å². The first-order chi connectivity index (χ1) is 15.4. The Morgan fingerprint density at radius 1 is 1.06 bits per heavy atom. The van der Waals surface area contributed by atoms with Crippen LogP contribution in [-0.4, -0.2) is 39.5 Å². The number of aliphatic carboxylic acids is 1. The third-order valence-electron chi connectivity index (χ3n) is 5.01. The summed E-state index contributed by atoms with van der Waals surface area (Å²) in [5, 5.41) is 22.8. The predicted octanol–water partition coefficient (Wildman–Crippen LogP) is 3.74. The van der Waals surface area contributed by atoms with Gasteiger partial charge < -0.3 is 25.2 Å². The summed E-state index contributed by atoms with van der Waals surface area (Å²) in [5.74, 6) is 0.503. The summed E-state index contributed by atoms with van der Waals surface area (Å²) in [6.07, 6.45) is 0.233. The van der Waals surface area contributed by atoms with Gasteiger partial charge in [0.15, 0.2) is 0 Å². The van der Waals surface area contributed by atoms with Crippen molar-refractivity contribution in [2.75, 3.05) is 7.11 Å². The fraction of sp³-hybridized carbons (Fsp3) is 0.125. The summed E-state index contributed by atoms with van der Waals surface area (Å²) in [6.45, 7) is 0. The molecule has 1 heterocycles. The van der Waals surface area contributed by atoms with Crippen LogP contribution in [0.3, 0.4) is 0 Å². The highest BCUT2D eigenvalue weighted by Crippen LogP contribution is 2.35. The summed E-state index contributed by atoms with van der Waals surface area (Å²) >= 11 is 0. The average molecular weight is 431 g/mol. The molecule has 0 saturated heterocycles. The number of methoxy groups -OCH3 is 1. The molecular weight excluding hydrogens is 410 g/mol. The summed E-state index contributed by atoms with van der Waals surface area (Å²) < 4.78 is 10.9. The van der Waals surface area contributed by atoms with Gasteiger partial charge >= 0.3 is 5.97 Å². The highest BCUT2D eigenvalue weighted by atomic mass is 16.5. The molecular formula is C24H21N3O5. The van der Waals surface area contributed by atoms with Gasteiger partial charge in [0, 0.05) is 16.7 Å². The van der Waals surface area contributed by atoms with Gasteiger partial charge in [-0.2, -0.15) is 4.98 Å². The maximum Gasteiger partial charge on any atom is 0.320 e. The number of ether oxygens (including phenoxy) is 1. The van der Waals surface area contributed by atoms with Crippen LogP contribution in [0.15, 0.2) is 71.3 Å². The summed E-state index contributed by atoms with van der Waals surface area (Å²) in [4.78, 5) is 15.4. The number of benzene rings is 3. The second kappa shape index (κ2) is 8.91. The van der Waals surface area contributed by atoms with Crippen LogP contribution in [0.1, 0.15) is 5.56 Å². The Labute approximate surface area is 183 Å². The minimum Gasteiger partial charge on any atom is -0.508 e. The third kappa shape index (κ3) is 4.45. The maximum absolute atomic E-state index is 10.9. The number of nitrogens with two attached hydrogens (primary N) is 1. The van der Waals surface area contributed by atoms with Crippen molar-refractivity contribution in [1.82, 2.24) is 10.1 Å². The number of rotatable bonds is 7. The first kappa shape index (κ1) is 21.1. The highest BCUT2D eigenvalue weighted by Gasteiger charge is 2.16. The molecule has 162 valence electrons. The maximum atomic E-state index is 10.9. The Kier molecular flexibility index (Phi) is 5.87. The van der Waals surface area contributed by atoms with E-state index < -0.39 is 12.0 Å². The van der Waals surface area contributed by atoms with Crippen LogP contribution in [0, 0.1) is 0 Å². The summed E-state index contributed by atoms with van der Waals surface area (Å²) in [5.41, 5.74) is 9.39. The van der Waals surface area contributed by atoms with Crippen molar-refractivity contribution < 1.29 is 24.3 Å². The molecule has 0 aliphatic heterocycles. The number of carbonyl (C=O) groups is 1. The van der Waals surface area contributed by atoms with Crippen LogP contribution in [-0.2, 0) is 11.2 Å². The quantitative estimate of drug-likeness (QED) is 0.403. The van der Waals surface area contributed by atoms with Gasteiger partial charge in [0.25, 0.3) is 5.89 Å². The standard InChI is InChI=1S/C24H21N3O5/c1-31-21-10-9-17(13-19(21)16-3-2-4-18(28)12-16)23-26-22(27-32-23)15-7-5-14(6-8-15)11-20(25)24(29)30/h2-10,12-13,20,28H,11,25H2,1H3,(H,29,30)/t20-/m0/s1. The molecule has 0 amide bonds. The van der Waals surface area contributed by atoms with Crippen LogP contribution in [0.4, 0.5) is 0 Å². The van der Waals surface area contributed by atoms with Crippen molar-refractivity contribution in [2.24, 2.45) is 5.73 Å². The topological polar surface area (TPSA) is 132 Å². The third-order valence-corrected chi connectivity index (χ3v) is 5.01. The largest absolute Gasteiger partial charge is 0.508 e. The van der Waals surface area contributed by atoms with Gasteiger partial charge in [-0.25, -0.2) is 0 Å². The molecule has 0 unspecified atom stereocenters. The number of carboxylic acid groups (broad SMARTS) is 1. The Hall–Kier alpha value is -4.17. The van der Waals surface area contributed by atoms with Gasteiger partial charge in [-0.1, -0.05) is 41.6 Å². The van der Waals surface area contributed by atoms with Crippen LogP contribution in [0.2, 0.25) is 0 Å². The molecule has 1 atom stereocenters. The van der Waals surface area contributed by atoms with Crippen molar-refractivity contribution in [1.29, 1.82) is 0 Å². The zero-order valence-electron chi connectivity index (χ0n) is 17.2. The SMILES string of the molecule is COc1ccc(-c2nc(-c3ccc(C[C@H](N)C(=O)O)cc3)no2)cc1-c1cccc(O)c1. The molecule has 0 aliphatic rings. The lowest BCUT2D eigenvalue weighted by atomic mass is 10.0. The Morgan fingerprint density at radius 3 is 2.50 bits per heavy atom. The molecule has 0 aliphatic carbocycles. The summed E-state index contributed by atoms with van der Waals surface area (Å²) in [7, 11) is 1.58.